The summed E-state index contributed by atoms with van der Waals surface area (Å²) in [5.41, 5.74) is 0. The highest BCUT2D eigenvalue weighted by Crippen LogP contribution is 2.16. The van der Waals surface area contributed by atoms with Crippen LogP contribution in [0.5, 0.6) is 0 Å². The molecule has 2 atom stereocenters. The molecule has 5 nitrogen and oxygen atoms in total. The van der Waals surface area contributed by atoms with Gasteiger partial charge in [-0.05, 0) is 25.0 Å². The molecule has 3 N–H and O–H groups in total. The summed E-state index contributed by atoms with van der Waals surface area (Å²) in [6, 6.07) is -0.997. The number of carboxylic acid groups (broad SMARTS) is 1. The Labute approximate surface area is 99.4 Å². The molecule has 1 heterocycles. The summed E-state index contributed by atoms with van der Waals surface area (Å²) in [5, 5.41) is 14.0. The molecule has 2 amide bonds. The average molecular weight is 246 g/mol. The van der Waals surface area contributed by atoms with Crippen LogP contribution in [0.4, 0.5) is 4.79 Å². The van der Waals surface area contributed by atoms with Gasteiger partial charge in [0.1, 0.15) is 6.04 Å². The van der Waals surface area contributed by atoms with E-state index in [-0.39, 0.29) is 12.1 Å². The largest absolute Gasteiger partial charge is 0.480 e. The van der Waals surface area contributed by atoms with Crippen LogP contribution in [0.1, 0.15) is 26.2 Å². The van der Waals surface area contributed by atoms with Crippen molar-refractivity contribution in [3.63, 3.8) is 0 Å². The van der Waals surface area contributed by atoms with Crippen LogP contribution < -0.4 is 10.6 Å². The molecule has 92 valence electrons. The number of carboxylic acids is 1. The van der Waals surface area contributed by atoms with Gasteiger partial charge in [0.25, 0.3) is 0 Å². The normalized spacial score (nSPS) is 22.2. The fourth-order valence-corrected chi connectivity index (χ4v) is 2.65. The highest BCUT2D eigenvalue weighted by molar-refractivity contribution is 7.99. The zero-order valence-corrected chi connectivity index (χ0v) is 10.2. The summed E-state index contributed by atoms with van der Waals surface area (Å²) >= 11 is 1.82. The predicted octanol–water partition coefficient (Wildman–Crippen LogP) is 1.04. The number of hydrogen-bond acceptors (Lipinski definition) is 3. The van der Waals surface area contributed by atoms with Gasteiger partial charge in [0.15, 0.2) is 0 Å². The Balaban J connectivity index is 2.31. The monoisotopic (exact) mass is 246 g/mol. The second-order valence-electron chi connectivity index (χ2n) is 3.83. The van der Waals surface area contributed by atoms with Gasteiger partial charge in [0, 0.05) is 11.8 Å². The molecule has 1 saturated heterocycles. The van der Waals surface area contributed by atoms with Crippen LogP contribution in [-0.4, -0.2) is 40.7 Å². The third-order valence-electron chi connectivity index (χ3n) is 2.51. The molecule has 0 saturated carbocycles. The van der Waals surface area contributed by atoms with Crippen molar-refractivity contribution in [1.82, 2.24) is 10.6 Å². The van der Waals surface area contributed by atoms with E-state index in [9.17, 15) is 9.59 Å². The summed E-state index contributed by atoms with van der Waals surface area (Å²) < 4.78 is 0. The number of amides is 2. The minimum atomic E-state index is -0.990. The summed E-state index contributed by atoms with van der Waals surface area (Å²) in [6.07, 6.45) is 2.47. The number of carbonyl (C=O) groups is 2. The van der Waals surface area contributed by atoms with Crippen LogP contribution in [-0.2, 0) is 4.79 Å². The smallest absolute Gasteiger partial charge is 0.326 e. The Morgan fingerprint density at radius 1 is 1.56 bits per heavy atom. The van der Waals surface area contributed by atoms with E-state index in [0.717, 1.165) is 24.3 Å². The van der Waals surface area contributed by atoms with Crippen molar-refractivity contribution >= 4 is 23.8 Å². The maximum Gasteiger partial charge on any atom is 0.326 e. The van der Waals surface area contributed by atoms with Crippen molar-refractivity contribution in [3.8, 4) is 0 Å². The molecule has 16 heavy (non-hydrogen) atoms. The maximum absolute atomic E-state index is 11.5. The van der Waals surface area contributed by atoms with Crippen LogP contribution in [0.2, 0.25) is 0 Å². The molecular formula is C10H18N2O3S. The van der Waals surface area contributed by atoms with Crippen molar-refractivity contribution < 1.29 is 14.7 Å². The minimum absolute atomic E-state index is 0.171. The standard InChI is InChI=1S/C10H18N2O3S/c1-2-8(9(13)14)12-10(15)11-7-4-3-5-16-6-7/h7-8H,2-6H2,1H3,(H,13,14)(H2,11,12,15). The summed E-state index contributed by atoms with van der Waals surface area (Å²) in [5.74, 6) is 1.07. The topological polar surface area (TPSA) is 78.4 Å². The molecular weight excluding hydrogens is 228 g/mol. The molecule has 1 aliphatic rings. The van der Waals surface area contributed by atoms with Gasteiger partial charge in [-0.2, -0.15) is 11.8 Å². The number of nitrogens with one attached hydrogen (secondary N) is 2. The molecule has 6 heteroatoms. The lowest BCUT2D eigenvalue weighted by Crippen LogP contribution is -2.49. The van der Waals surface area contributed by atoms with E-state index in [1.54, 1.807) is 6.92 Å². The molecule has 0 bridgehead atoms. The summed E-state index contributed by atoms with van der Waals surface area (Å²) in [6.45, 7) is 1.73. The van der Waals surface area contributed by atoms with E-state index in [1.165, 1.54) is 0 Å². The Hall–Kier alpha value is -0.910. The molecule has 0 aliphatic carbocycles. The number of urea groups is 1. The van der Waals surface area contributed by atoms with E-state index < -0.39 is 12.0 Å². The molecule has 0 aromatic carbocycles. The minimum Gasteiger partial charge on any atom is -0.480 e. The second kappa shape index (κ2) is 6.62. The van der Waals surface area contributed by atoms with Crippen molar-refractivity contribution in [2.75, 3.05) is 11.5 Å². The predicted molar refractivity (Wildman–Crippen MR) is 63.7 cm³/mol. The van der Waals surface area contributed by atoms with Gasteiger partial charge in [0.2, 0.25) is 0 Å². The number of aliphatic carboxylic acids is 1. The molecule has 1 aliphatic heterocycles. The van der Waals surface area contributed by atoms with Gasteiger partial charge in [-0.3, -0.25) is 0 Å². The Kier molecular flexibility index (Phi) is 5.45. The lowest BCUT2D eigenvalue weighted by atomic mass is 10.2. The van der Waals surface area contributed by atoms with E-state index in [1.807, 2.05) is 11.8 Å². The third-order valence-corrected chi connectivity index (χ3v) is 3.72. The zero-order chi connectivity index (χ0) is 12.0. The molecule has 0 spiro atoms. The van der Waals surface area contributed by atoms with Crippen molar-refractivity contribution in [2.45, 2.75) is 38.3 Å². The van der Waals surface area contributed by atoms with E-state index >= 15 is 0 Å². The third kappa shape index (κ3) is 4.30. The Bertz CT molecular complexity index is 254. The van der Waals surface area contributed by atoms with Crippen molar-refractivity contribution in [1.29, 1.82) is 0 Å². The maximum atomic E-state index is 11.5. The SMILES string of the molecule is CCC(NC(=O)NC1CCCSC1)C(=O)O. The van der Waals surface area contributed by atoms with Gasteiger partial charge in [-0.1, -0.05) is 6.92 Å². The van der Waals surface area contributed by atoms with E-state index in [4.69, 9.17) is 5.11 Å². The first-order valence-corrected chi connectivity index (χ1v) is 6.66. The van der Waals surface area contributed by atoms with Crippen LogP contribution in [0, 0.1) is 0 Å². The van der Waals surface area contributed by atoms with Crippen molar-refractivity contribution in [3.05, 3.63) is 0 Å². The second-order valence-corrected chi connectivity index (χ2v) is 4.98. The average Bonchev–Trinajstić information content (AvgIpc) is 2.27. The van der Waals surface area contributed by atoms with Crippen LogP contribution in [0.25, 0.3) is 0 Å². The highest BCUT2D eigenvalue weighted by atomic mass is 32.2. The van der Waals surface area contributed by atoms with Gasteiger partial charge >= 0.3 is 12.0 Å². The van der Waals surface area contributed by atoms with E-state index in [2.05, 4.69) is 10.6 Å². The van der Waals surface area contributed by atoms with Gasteiger partial charge < -0.3 is 15.7 Å². The highest BCUT2D eigenvalue weighted by Gasteiger charge is 2.20. The summed E-state index contributed by atoms with van der Waals surface area (Å²) in [4.78, 5) is 22.2. The molecule has 1 fully saturated rings. The van der Waals surface area contributed by atoms with Crippen LogP contribution in [0.3, 0.4) is 0 Å². The summed E-state index contributed by atoms with van der Waals surface area (Å²) in [7, 11) is 0. The molecule has 0 radical (unpaired) electrons. The molecule has 1 rings (SSSR count). The lowest BCUT2D eigenvalue weighted by molar-refractivity contribution is -0.139. The van der Waals surface area contributed by atoms with E-state index in [0.29, 0.717) is 6.42 Å². The van der Waals surface area contributed by atoms with Gasteiger partial charge in [-0.15, -0.1) is 0 Å². The first kappa shape index (κ1) is 13.2. The first-order valence-electron chi connectivity index (χ1n) is 5.51. The van der Waals surface area contributed by atoms with Crippen LogP contribution in [0.15, 0.2) is 0 Å². The quantitative estimate of drug-likeness (QED) is 0.692. The fourth-order valence-electron chi connectivity index (χ4n) is 1.58. The number of hydrogen-bond donors (Lipinski definition) is 3. The van der Waals surface area contributed by atoms with Crippen molar-refractivity contribution in [2.24, 2.45) is 0 Å². The number of thioether (sulfide) groups is 1. The fraction of sp³-hybridized carbons (Fsp3) is 0.800. The first-order chi connectivity index (χ1) is 7.63. The van der Waals surface area contributed by atoms with Gasteiger partial charge in [-0.25, -0.2) is 9.59 Å². The number of carbonyl (C=O) groups excluding carboxylic acids is 1. The lowest BCUT2D eigenvalue weighted by Gasteiger charge is -2.23. The molecule has 0 aromatic rings. The van der Waals surface area contributed by atoms with Gasteiger partial charge in [0.05, 0.1) is 0 Å². The zero-order valence-electron chi connectivity index (χ0n) is 9.36. The molecule has 0 aromatic heterocycles. The Morgan fingerprint density at radius 3 is 2.81 bits per heavy atom. The number of rotatable bonds is 4. The Morgan fingerprint density at radius 2 is 2.31 bits per heavy atom. The molecule has 2 unspecified atom stereocenters. The van der Waals surface area contributed by atoms with Crippen LogP contribution >= 0.6 is 11.8 Å².